The van der Waals surface area contributed by atoms with Gasteiger partial charge in [-0.3, -0.25) is 9.59 Å². The minimum atomic E-state index is -0.154. The smallest absolute Gasteiger partial charge is 0.272 e. The predicted molar refractivity (Wildman–Crippen MR) is 111 cm³/mol. The van der Waals surface area contributed by atoms with Crippen LogP contribution >= 0.6 is 0 Å². The first kappa shape index (κ1) is 17.6. The fourth-order valence-electron chi connectivity index (χ4n) is 4.30. The van der Waals surface area contributed by atoms with Crippen LogP contribution in [0.1, 0.15) is 47.7 Å². The van der Waals surface area contributed by atoms with Gasteiger partial charge in [-0.2, -0.15) is 5.10 Å². The quantitative estimate of drug-likeness (QED) is 0.502. The summed E-state index contributed by atoms with van der Waals surface area (Å²) in [5, 5.41) is 11.8. The number of hydrogen-bond acceptors (Lipinski definition) is 4. The predicted octanol–water partition coefficient (Wildman–Crippen LogP) is 3.26. The summed E-state index contributed by atoms with van der Waals surface area (Å²) in [6.45, 7) is 0. The van der Waals surface area contributed by atoms with Gasteiger partial charge in [-0.05, 0) is 49.9 Å². The van der Waals surface area contributed by atoms with Crippen LogP contribution < -0.4 is 10.9 Å². The summed E-state index contributed by atoms with van der Waals surface area (Å²) >= 11 is 0. The first-order valence-electron chi connectivity index (χ1n) is 9.90. The Balaban J connectivity index is 1.28. The second kappa shape index (κ2) is 7.16. The molecule has 1 aliphatic rings. The third-order valence-corrected chi connectivity index (χ3v) is 5.86. The molecule has 5 rings (SSSR count). The fraction of sp³-hybridized carbons (Fsp3) is 0.273. The third kappa shape index (κ3) is 3.29. The Morgan fingerprint density at radius 2 is 1.83 bits per heavy atom. The second-order valence-electron chi connectivity index (χ2n) is 7.64. The monoisotopic (exact) mass is 387 g/mol. The molecular weight excluding hydrogens is 366 g/mol. The van der Waals surface area contributed by atoms with Crippen molar-refractivity contribution in [2.45, 2.75) is 37.6 Å². The minimum absolute atomic E-state index is 0.0639. The van der Waals surface area contributed by atoms with E-state index in [9.17, 15) is 9.59 Å². The third-order valence-electron chi connectivity index (χ3n) is 5.86. The van der Waals surface area contributed by atoms with Crippen molar-refractivity contribution in [1.82, 2.24) is 25.5 Å². The summed E-state index contributed by atoms with van der Waals surface area (Å²) < 4.78 is 0. The molecule has 7 nitrogen and oxygen atoms in total. The molecule has 2 aromatic heterocycles. The van der Waals surface area contributed by atoms with Gasteiger partial charge in [-0.25, -0.2) is 10.1 Å². The molecule has 29 heavy (non-hydrogen) atoms. The number of nitrogens with zero attached hydrogens (tertiary/aromatic N) is 2. The second-order valence-corrected chi connectivity index (χ2v) is 7.64. The zero-order valence-electron chi connectivity index (χ0n) is 15.8. The number of aromatic amines is 2. The number of nitrogens with one attached hydrogen (secondary N) is 3. The van der Waals surface area contributed by atoms with Crippen molar-refractivity contribution < 1.29 is 4.79 Å². The number of carbonyl (C=O) groups is 1. The van der Waals surface area contributed by atoms with Crippen LogP contribution in [-0.4, -0.2) is 32.1 Å². The van der Waals surface area contributed by atoms with Crippen molar-refractivity contribution in [2.24, 2.45) is 0 Å². The molecular formula is C22H21N5O2. The van der Waals surface area contributed by atoms with E-state index in [-0.39, 0.29) is 23.4 Å². The van der Waals surface area contributed by atoms with E-state index in [2.05, 4.69) is 25.5 Å². The zero-order valence-corrected chi connectivity index (χ0v) is 15.8. The van der Waals surface area contributed by atoms with E-state index in [1.807, 2.05) is 42.5 Å². The summed E-state index contributed by atoms with van der Waals surface area (Å²) in [5.41, 5.74) is 3.13. The van der Waals surface area contributed by atoms with Crippen LogP contribution in [0.15, 0.2) is 53.6 Å². The highest BCUT2D eigenvalue weighted by molar-refractivity contribution is 5.97. The van der Waals surface area contributed by atoms with Crippen molar-refractivity contribution in [3.63, 3.8) is 0 Å². The number of rotatable bonds is 3. The molecule has 0 aliphatic heterocycles. The Morgan fingerprint density at radius 3 is 2.66 bits per heavy atom. The summed E-state index contributed by atoms with van der Waals surface area (Å²) in [5.74, 6) is 0.219. The van der Waals surface area contributed by atoms with E-state index >= 15 is 0 Å². The molecule has 0 unspecified atom stereocenters. The minimum Gasteiger partial charge on any atom is -0.349 e. The SMILES string of the molecule is O=C(N[C@H]1CC[C@H](c2n[nH]c(=O)c3ccccc32)CC1)c1ccc2[nH]cnc2c1. The van der Waals surface area contributed by atoms with Crippen LogP contribution in [0.5, 0.6) is 0 Å². The number of fused-ring (bicyclic) bond motifs is 2. The van der Waals surface area contributed by atoms with E-state index in [0.29, 0.717) is 10.9 Å². The summed E-state index contributed by atoms with van der Waals surface area (Å²) in [6.07, 6.45) is 5.24. The van der Waals surface area contributed by atoms with Gasteiger partial charge in [0, 0.05) is 22.9 Å². The van der Waals surface area contributed by atoms with Crippen molar-refractivity contribution >= 4 is 27.7 Å². The van der Waals surface area contributed by atoms with E-state index in [4.69, 9.17) is 0 Å². The number of H-pyrrole nitrogens is 2. The molecule has 146 valence electrons. The largest absolute Gasteiger partial charge is 0.349 e. The molecule has 2 aromatic carbocycles. The number of hydrogen-bond donors (Lipinski definition) is 3. The Morgan fingerprint density at radius 1 is 1.03 bits per heavy atom. The van der Waals surface area contributed by atoms with Crippen LogP contribution in [0.2, 0.25) is 0 Å². The summed E-state index contributed by atoms with van der Waals surface area (Å²) in [4.78, 5) is 31.9. The maximum Gasteiger partial charge on any atom is 0.272 e. The lowest BCUT2D eigenvalue weighted by molar-refractivity contribution is 0.0926. The topological polar surface area (TPSA) is 104 Å². The van der Waals surface area contributed by atoms with E-state index in [1.54, 1.807) is 6.33 Å². The van der Waals surface area contributed by atoms with Gasteiger partial charge in [0.2, 0.25) is 0 Å². The average molecular weight is 387 g/mol. The highest BCUT2D eigenvalue weighted by Crippen LogP contribution is 2.34. The van der Waals surface area contributed by atoms with Gasteiger partial charge in [-0.1, -0.05) is 18.2 Å². The number of aromatic nitrogens is 4. The van der Waals surface area contributed by atoms with Gasteiger partial charge in [0.05, 0.1) is 28.4 Å². The molecule has 2 heterocycles. The molecule has 1 saturated carbocycles. The van der Waals surface area contributed by atoms with Crippen LogP contribution in [0.25, 0.3) is 21.8 Å². The number of amides is 1. The summed E-state index contributed by atoms with van der Waals surface area (Å²) in [6, 6.07) is 13.3. The Kier molecular flexibility index (Phi) is 4.35. The van der Waals surface area contributed by atoms with Crippen LogP contribution in [0.4, 0.5) is 0 Å². The normalized spacial score (nSPS) is 19.4. The molecule has 3 N–H and O–H groups in total. The average Bonchev–Trinajstić information content (AvgIpc) is 3.23. The van der Waals surface area contributed by atoms with Crippen molar-refractivity contribution in [2.75, 3.05) is 0 Å². The molecule has 1 amide bonds. The summed E-state index contributed by atoms with van der Waals surface area (Å²) in [7, 11) is 0. The molecule has 0 atom stereocenters. The molecule has 1 aliphatic carbocycles. The zero-order chi connectivity index (χ0) is 19.8. The Labute approximate surface area is 166 Å². The Hall–Kier alpha value is -3.48. The molecule has 0 radical (unpaired) electrons. The van der Waals surface area contributed by atoms with Gasteiger partial charge in [0.15, 0.2) is 0 Å². The highest BCUT2D eigenvalue weighted by atomic mass is 16.1. The maximum atomic E-state index is 12.6. The molecule has 1 fully saturated rings. The number of benzene rings is 2. The van der Waals surface area contributed by atoms with Gasteiger partial charge in [0.1, 0.15) is 0 Å². The maximum absolute atomic E-state index is 12.6. The van der Waals surface area contributed by atoms with Crippen molar-refractivity contribution in [3.05, 3.63) is 70.4 Å². The standard InChI is InChI=1S/C22H21N5O2/c28-21(14-7-10-18-19(11-14)24-12-23-18)25-15-8-5-13(6-9-15)20-16-3-1-2-4-17(16)22(29)27-26-20/h1-4,7,10-13,15H,5-6,8-9H2,(H,23,24)(H,25,28)(H,27,29)/t13-,15-. The number of carbonyl (C=O) groups excluding carboxylic acids is 1. The molecule has 4 aromatic rings. The van der Waals surface area contributed by atoms with Crippen molar-refractivity contribution in [3.8, 4) is 0 Å². The first-order chi connectivity index (χ1) is 14.2. The van der Waals surface area contributed by atoms with Crippen LogP contribution in [0, 0.1) is 0 Å². The lowest BCUT2D eigenvalue weighted by atomic mass is 9.82. The van der Waals surface area contributed by atoms with E-state index in [1.165, 1.54) is 0 Å². The first-order valence-corrected chi connectivity index (χ1v) is 9.90. The van der Waals surface area contributed by atoms with Gasteiger partial charge in [0.25, 0.3) is 11.5 Å². The lowest BCUT2D eigenvalue weighted by Crippen LogP contribution is -2.37. The highest BCUT2D eigenvalue weighted by Gasteiger charge is 2.26. The molecule has 0 bridgehead atoms. The van der Waals surface area contributed by atoms with E-state index < -0.39 is 0 Å². The van der Waals surface area contributed by atoms with Crippen LogP contribution in [0.3, 0.4) is 0 Å². The van der Waals surface area contributed by atoms with Gasteiger partial charge < -0.3 is 10.3 Å². The van der Waals surface area contributed by atoms with Gasteiger partial charge >= 0.3 is 0 Å². The Bertz CT molecular complexity index is 1250. The molecule has 0 spiro atoms. The van der Waals surface area contributed by atoms with E-state index in [0.717, 1.165) is 47.8 Å². The van der Waals surface area contributed by atoms with Crippen LogP contribution in [-0.2, 0) is 0 Å². The molecule has 0 saturated heterocycles. The number of imidazole rings is 1. The lowest BCUT2D eigenvalue weighted by Gasteiger charge is -2.29. The molecule has 7 heteroatoms. The fourth-order valence-corrected chi connectivity index (χ4v) is 4.30. The van der Waals surface area contributed by atoms with Gasteiger partial charge in [-0.15, -0.1) is 0 Å². The van der Waals surface area contributed by atoms with Crippen molar-refractivity contribution in [1.29, 1.82) is 0 Å².